The number of carbonyl (C=O) groups excluding carboxylic acids is 2. The first-order valence-corrected chi connectivity index (χ1v) is 11.8. The quantitative estimate of drug-likeness (QED) is 0.515. The van der Waals surface area contributed by atoms with Gasteiger partial charge in [-0.05, 0) is 44.0 Å². The van der Waals surface area contributed by atoms with E-state index in [0.717, 1.165) is 16.8 Å². The van der Waals surface area contributed by atoms with Crippen molar-refractivity contribution in [3.63, 3.8) is 0 Å². The monoisotopic (exact) mass is 476 g/mol. The molecule has 2 amide bonds. The van der Waals surface area contributed by atoms with Crippen LogP contribution in [0.1, 0.15) is 31.9 Å². The van der Waals surface area contributed by atoms with Crippen molar-refractivity contribution >= 4 is 12.0 Å². The highest BCUT2D eigenvalue weighted by molar-refractivity contribution is 5.87. The van der Waals surface area contributed by atoms with Crippen molar-refractivity contribution in [2.24, 2.45) is 0 Å². The van der Waals surface area contributed by atoms with E-state index in [4.69, 9.17) is 9.47 Å². The highest BCUT2D eigenvalue weighted by atomic mass is 16.6. The molecule has 8 heteroatoms. The number of benzene rings is 2. The van der Waals surface area contributed by atoms with Gasteiger partial charge in [-0.25, -0.2) is 9.78 Å². The molecule has 1 fully saturated rings. The third-order valence-corrected chi connectivity index (χ3v) is 5.71. The number of ether oxygens (including phenoxy) is 2. The van der Waals surface area contributed by atoms with Crippen LogP contribution >= 0.6 is 0 Å². The maximum absolute atomic E-state index is 13.5. The first-order chi connectivity index (χ1) is 16.8. The number of imidazole rings is 1. The average molecular weight is 477 g/mol. The molecule has 1 atom stereocenters. The second-order valence-electron chi connectivity index (χ2n) is 9.59. The van der Waals surface area contributed by atoms with E-state index in [1.165, 1.54) is 4.90 Å². The zero-order chi connectivity index (χ0) is 24.8. The lowest BCUT2D eigenvalue weighted by Gasteiger charge is -2.40. The third-order valence-electron chi connectivity index (χ3n) is 5.71. The SMILES string of the molecule is CC(C)(C)OC(=O)N1CCN(Cc2ccc(-n3ccnc3)cc2)C(=O)C1COCc1ccccc1. The van der Waals surface area contributed by atoms with Gasteiger partial charge in [0.25, 0.3) is 0 Å². The van der Waals surface area contributed by atoms with Crippen LogP contribution in [0.5, 0.6) is 0 Å². The second kappa shape index (κ2) is 10.7. The first-order valence-electron chi connectivity index (χ1n) is 11.8. The van der Waals surface area contributed by atoms with Crippen molar-refractivity contribution in [2.45, 2.75) is 45.6 Å². The van der Waals surface area contributed by atoms with E-state index in [1.54, 1.807) is 17.4 Å². The number of amides is 2. The highest BCUT2D eigenvalue weighted by Gasteiger charge is 2.39. The second-order valence-corrected chi connectivity index (χ2v) is 9.59. The minimum atomic E-state index is -0.743. The fourth-order valence-electron chi connectivity index (χ4n) is 3.96. The van der Waals surface area contributed by atoms with Gasteiger partial charge in [-0.3, -0.25) is 9.69 Å². The minimum absolute atomic E-state index is 0.100. The van der Waals surface area contributed by atoms with Crippen molar-refractivity contribution in [2.75, 3.05) is 19.7 Å². The summed E-state index contributed by atoms with van der Waals surface area (Å²) in [5.41, 5.74) is 2.37. The Labute approximate surface area is 206 Å². The van der Waals surface area contributed by atoms with Crippen LogP contribution in [0.3, 0.4) is 0 Å². The van der Waals surface area contributed by atoms with Gasteiger partial charge in [0.1, 0.15) is 11.6 Å². The van der Waals surface area contributed by atoms with Crippen molar-refractivity contribution < 1.29 is 19.1 Å². The Morgan fingerprint density at radius 2 is 1.77 bits per heavy atom. The van der Waals surface area contributed by atoms with Crippen LogP contribution in [0, 0.1) is 0 Å². The number of carbonyl (C=O) groups is 2. The van der Waals surface area contributed by atoms with Gasteiger partial charge in [0, 0.05) is 37.7 Å². The fourth-order valence-corrected chi connectivity index (χ4v) is 3.96. The van der Waals surface area contributed by atoms with E-state index in [2.05, 4.69) is 4.98 Å². The molecular formula is C27H32N4O4. The lowest BCUT2D eigenvalue weighted by Crippen LogP contribution is -2.60. The van der Waals surface area contributed by atoms with Gasteiger partial charge in [0.2, 0.25) is 5.91 Å². The smallest absolute Gasteiger partial charge is 0.411 e. The van der Waals surface area contributed by atoms with Crippen LogP contribution in [0.15, 0.2) is 73.3 Å². The molecule has 35 heavy (non-hydrogen) atoms. The average Bonchev–Trinajstić information content (AvgIpc) is 3.36. The van der Waals surface area contributed by atoms with E-state index in [1.807, 2.05) is 86.1 Å². The summed E-state index contributed by atoms with van der Waals surface area (Å²) in [7, 11) is 0. The number of hydrogen-bond donors (Lipinski definition) is 0. The van der Waals surface area contributed by atoms with E-state index >= 15 is 0 Å². The molecule has 184 valence electrons. The van der Waals surface area contributed by atoms with E-state index in [9.17, 15) is 9.59 Å². The molecule has 0 radical (unpaired) electrons. The Morgan fingerprint density at radius 1 is 1.03 bits per heavy atom. The maximum atomic E-state index is 13.5. The lowest BCUT2D eigenvalue weighted by atomic mass is 10.1. The standard InChI is InChI=1S/C27H32N4O4/c1-27(2,3)35-26(33)31-16-15-29(17-21-9-11-23(12-10-21)30-14-13-28-20-30)25(32)24(31)19-34-18-22-7-5-4-6-8-22/h4-14,20,24H,15-19H2,1-3H3. The summed E-state index contributed by atoms with van der Waals surface area (Å²) in [6, 6.07) is 17.0. The number of rotatable bonds is 7. The van der Waals surface area contributed by atoms with Gasteiger partial charge < -0.3 is 18.9 Å². The van der Waals surface area contributed by atoms with Crippen LogP contribution < -0.4 is 0 Å². The van der Waals surface area contributed by atoms with Crippen molar-refractivity contribution in [1.29, 1.82) is 0 Å². The van der Waals surface area contributed by atoms with Gasteiger partial charge in [-0.15, -0.1) is 0 Å². The zero-order valence-corrected chi connectivity index (χ0v) is 20.5. The predicted molar refractivity (Wildman–Crippen MR) is 132 cm³/mol. The summed E-state index contributed by atoms with van der Waals surface area (Å²) in [6.07, 6.45) is 4.86. The molecule has 1 aromatic heterocycles. The van der Waals surface area contributed by atoms with Crippen LogP contribution in [-0.2, 0) is 27.4 Å². The van der Waals surface area contributed by atoms with E-state index in [-0.39, 0.29) is 12.5 Å². The third kappa shape index (κ3) is 6.48. The van der Waals surface area contributed by atoms with Crippen molar-refractivity contribution in [3.8, 4) is 5.69 Å². The normalized spacial score (nSPS) is 16.4. The first kappa shape index (κ1) is 24.5. The molecule has 0 N–H and O–H groups in total. The van der Waals surface area contributed by atoms with Crippen LogP contribution in [-0.4, -0.2) is 62.7 Å². The van der Waals surface area contributed by atoms with Gasteiger partial charge in [0.05, 0.1) is 19.5 Å². The van der Waals surface area contributed by atoms with E-state index in [0.29, 0.717) is 26.2 Å². The Kier molecular flexibility index (Phi) is 7.51. The van der Waals surface area contributed by atoms with Crippen LogP contribution in [0.2, 0.25) is 0 Å². The Balaban J connectivity index is 1.44. The molecule has 0 spiro atoms. The molecule has 0 bridgehead atoms. The largest absolute Gasteiger partial charge is 0.444 e. The summed E-state index contributed by atoms with van der Waals surface area (Å²) in [5, 5.41) is 0. The highest BCUT2D eigenvalue weighted by Crippen LogP contribution is 2.20. The molecule has 2 aromatic carbocycles. The van der Waals surface area contributed by atoms with Crippen LogP contribution in [0.25, 0.3) is 5.69 Å². The summed E-state index contributed by atoms with van der Waals surface area (Å²) < 4.78 is 13.4. The van der Waals surface area contributed by atoms with Crippen molar-refractivity contribution in [1.82, 2.24) is 19.4 Å². The number of hydrogen-bond acceptors (Lipinski definition) is 5. The molecule has 3 aromatic rings. The van der Waals surface area contributed by atoms with Gasteiger partial charge in [-0.2, -0.15) is 0 Å². The molecule has 1 unspecified atom stereocenters. The minimum Gasteiger partial charge on any atom is -0.444 e. The fraction of sp³-hybridized carbons (Fsp3) is 0.370. The number of aromatic nitrogens is 2. The molecule has 4 rings (SSSR count). The Hall–Kier alpha value is -3.65. The summed E-state index contributed by atoms with van der Waals surface area (Å²) in [6.45, 7) is 7.18. The van der Waals surface area contributed by atoms with E-state index < -0.39 is 17.7 Å². The lowest BCUT2D eigenvalue weighted by molar-refractivity contribution is -0.145. The van der Waals surface area contributed by atoms with Crippen molar-refractivity contribution in [3.05, 3.63) is 84.4 Å². The summed E-state index contributed by atoms with van der Waals surface area (Å²) >= 11 is 0. The molecule has 0 aliphatic carbocycles. The number of nitrogens with zero attached hydrogens (tertiary/aromatic N) is 4. The molecule has 8 nitrogen and oxygen atoms in total. The molecule has 2 heterocycles. The molecular weight excluding hydrogens is 444 g/mol. The Bertz CT molecular complexity index is 1110. The summed E-state index contributed by atoms with van der Waals surface area (Å²) in [4.78, 5) is 33.7. The van der Waals surface area contributed by atoms with Gasteiger partial charge in [0.15, 0.2) is 0 Å². The Morgan fingerprint density at radius 3 is 2.43 bits per heavy atom. The molecule has 0 saturated carbocycles. The summed E-state index contributed by atoms with van der Waals surface area (Å²) in [5.74, 6) is -0.145. The molecule has 1 aliphatic rings. The number of piperazine rings is 1. The van der Waals surface area contributed by atoms with Gasteiger partial charge >= 0.3 is 6.09 Å². The zero-order valence-electron chi connectivity index (χ0n) is 20.5. The van der Waals surface area contributed by atoms with Gasteiger partial charge in [-0.1, -0.05) is 42.5 Å². The maximum Gasteiger partial charge on any atom is 0.411 e. The topological polar surface area (TPSA) is 76.9 Å². The molecule has 1 saturated heterocycles. The van der Waals surface area contributed by atoms with Crippen LogP contribution in [0.4, 0.5) is 4.79 Å². The predicted octanol–water partition coefficient (Wildman–Crippen LogP) is 4.04. The molecule has 1 aliphatic heterocycles.